The number of rotatable bonds is 5. The van der Waals surface area contributed by atoms with Crippen molar-refractivity contribution in [1.82, 2.24) is 28.5 Å². The lowest BCUT2D eigenvalue weighted by Gasteiger charge is -2.12. The molecular weight excluding hydrogens is 410 g/mol. The first-order valence-corrected chi connectivity index (χ1v) is 10.2. The molecule has 0 aliphatic rings. The van der Waals surface area contributed by atoms with Crippen LogP contribution < -0.4 is 17.0 Å². The van der Waals surface area contributed by atoms with Crippen LogP contribution in [-0.4, -0.2) is 34.4 Å². The molecular formula is C22H25N7O3. The minimum Gasteiger partial charge on any atom is -0.368 e. The van der Waals surface area contributed by atoms with Crippen LogP contribution in [0.1, 0.15) is 28.1 Å². The number of imidazole rings is 1. The molecule has 3 aromatic heterocycles. The molecule has 0 saturated carbocycles. The second-order valence-corrected chi connectivity index (χ2v) is 8.07. The van der Waals surface area contributed by atoms with E-state index in [4.69, 9.17) is 5.73 Å². The molecule has 0 saturated heterocycles. The highest BCUT2D eigenvalue weighted by atomic mass is 16.2. The van der Waals surface area contributed by atoms with Crippen LogP contribution in [0.3, 0.4) is 0 Å². The van der Waals surface area contributed by atoms with Gasteiger partial charge in [0.25, 0.3) is 5.56 Å². The molecule has 4 rings (SSSR count). The first kappa shape index (κ1) is 21.3. The van der Waals surface area contributed by atoms with Gasteiger partial charge in [-0.15, -0.1) is 0 Å². The maximum atomic E-state index is 13.4. The number of aryl methyl sites for hydroxylation is 3. The number of hydrogen-bond acceptors (Lipinski definition) is 5. The lowest BCUT2D eigenvalue weighted by molar-refractivity contribution is -0.118. The Morgan fingerprint density at radius 2 is 1.81 bits per heavy atom. The Balaban J connectivity index is 2.11. The number of fused-ring (bicyclic) bond motifs is 1. The largest absolute Gasteiger partial charge is 0.368 e. The van der Waals surface area contributed by atoms with Crippen LogP contribution in [0.4, 0.5) is 0 Å². The van der Waals surface area contributed by atoms with E-state index in [1.807, 2.05) is 52.0 Å². The monoisotopic (exact) mass is 435 g/mol. The molecule has 0 fully saturated rings. The van der Waals surface area contributed by atoms with E-state index < -0.39 is 23.7 Å². The van der Waals surface area contributed by atoms with Gasteiger partial charge in [0, 0.05) is 12.7 Å². The van der Waals surface area contributed by atoms with Crippen molar-refractivity contribution in [2.75, 3.05) is 0 Å². The Hall–Kier alpha value is -3.95. The van der Waals surface area contributed by atoms with Gasteiger partial charge in [-0.3, -0.25) is 18.7 Å². The Bertz CT molecular complexity index is 1500. The molecule has 0 aliphatic heterocycles. The quantitative estimate of drug-likeness (QED) is 0.498. The van der Waals surface area contributed by atoms with Gasteiger partial charge in [0.2, 0.25) is 11.9 Å². The molecule has 0 aliphatic carbocycles. The molecule has 10 heteroatoms. The normalized spacial score (nSPS) is 11.4. The number of carbonyl (C=O) groups is 1. The van der Waals surface area contributed by atoms with Gasteiger partial charge in [-0.2, -0.15) is 10.1 Å². The number of primary amides is 1. The van der Waals surface area contributed by atoms with Crippen molar-refractivity contribution < 1.29 is 4.79 Å². The fourth-order valence-electron chi connectivity index (χ4n) is 3.88. The average molecular weight is 435 g/mol. The molecule has 32 heavy (non-hydrogen) atoms. The Labute approximate surface area is 183 Å². The summed E-state index contributed by atoms with van der Waals surface area (Å²) in [6, 6.07) is 7.91. The first-order chi connectivity index (χ1) is 15.1. The SMILES string of the molecule is Cc1cccc(Cn2c(-n3nc(C)c(C)c3C)nc3c2c(=O)n(CC(N)=O)c(=O)n3C)c1. The lowest BCUT2D eigenvalue weighted by atomic mass is 10.1. The molecule has 0 spiro atoms. The number of aromatic nitrogens is 6. The van der Waals surface area contributed by atoms with E-state index in [2.05, 4.69) is 10.1 Å². The van der Waals surface area contributed by atoms with Gasteiger partial charge >= 0.3 is 5.69 Å². The summed E-state index contributed by atoms with van der Waals surface area (Å²) in [5, 5.41) is 4.61. The van der Waals surface area contributed by atoms with Crippen LogP contribution in [0, 0.1) is 27.7 Å². The standard InChI is InChI=1S/C22H25N7O3/c1-12-7-6-8-16(9-12)10-27-18-19(24-21(27)29-15(4)13(2)14(3)25-29)26(5)22(32)28(20(18)31)11-17(23)30/h6-9H,10-11H2,1-5H3,(H2,23,30). The number of nitrogens with zero attached hydrogens (tertiary/aromatic N) is 6. The highest BCUT2D eigenvalue weighted by molar-refractivity contribution is 5.75. The number of nitrogens with two attached hydrogens (primary N) is 1. The van der Waals surface area contributed by atoms with Gasteiger partial charge in [-0.1, -0.05) is 29.8 Å². The summed E-state index contributed by atoms with van der Waals surface area (Å²) in [5.74, 6) is -0.359. The molecule has 0 atom stereocenters. The Morgan fingerprint density at radius 1 is 1.09 bits per heavy atom. The minimum absolute atomic E-state index is 0.204. The predicted molar refractivity (Wildman–Crippen MR) is 120 cm³/mol. The summed E-state index contributed by atoms with van der Waals surface area (Å²) in [6.07, 6.45) is 0. The molecule has 2 N–H and O–H groups in total. The number of amides is 1. The maximum absolute atomic E-state index is 13.4. The highest BCUT2D eigenvalue weighted by Gasteiger charge is 2.24. The van der Waals surface area contributed by atoms with Crippen molar-refractivity contribution in [3.05, 3.63) is 73.2 Å². The summed E-state index contributed by atoms with van der Waals surface area (Å²) in [4.78, 5) is 42.3. The summed E-state index contributed by atoms with van der Waals surface area (Å²) in [7, 11) is 1.52. The number of carbonyl (C=O) groups excluding carboxylic acids is 1. The second-order valence-electron chi connectivity index (χ2n) is 8.07. The van der Waals surface area contributed by atoms with E-state index >= 15 is 0 Å². The summed E-state index contributed by atoms with van der Waals surface area (Å²) >= 11 is 0. The zero-order chi connectivity index (χ0) is 23.3. The average Bonchev–Trinajstić information content (AvgIpc) is 3.22. The summed E-state index contributed by atoms with van der Waals surface area (Å²) < 4.78 is 5.52. The van der Waals surface area contributed by atoms with E-state index in [0.717, 1.165) is 32.6 Å². The van der Waals surface area contributed by atoms with Crippen LogP contribution in [0.2, 0.25) is 0 Å². The molecule has 0 radical (unpaired) electrons. The van der Waals surface area contributed by atoms with Crippen LogP contribution in [0.25, 0.3) is 17.1 Å². The molecule has 1 aromatic carbocycles. The van der Waals surface area contributed by atoms with E-state index in [0.29, 0.717) is 12.5 Å². The third-order valence-electron chi connectivity index (χ3n) is 5.79. The van der Waals surface area contributed by atoms with Crippen molar-refractivity contribution in [2.45, 2.75) is 40.8 Å². The fraction of sp³-hybridized carbons (Fsp3) is 0.318. The van der Waals surface area contributed by atoms with Gasteiger partial charge in [0.1, 0.15) is 6.54 Å². The van der Waals surface area contributed by atoms with Crippen molar-refractivity contribution >= 4 is 17.1 Å². The topological polar surface area (TPSA) is 123 Å². The van der Waals surface area contributed by atoms with Crippen LogP contribution in [-0.2, 0) is 24.9 Å². The van der Waals surface area contributed by atoms with Gasteiger partial charge in [-0.25, -0.2) is 14.0 Å². The zero-order valence-electron chi connectivity index (χ0n) is 18.7. The zero-order valence-corrected chi connectivity index (χ0v) is 18.7. The molecule has 4 aromatic rings. The third kappa shape index (κ3) is 3.33. The maximum Gasteiger partial charge on any atom is 0.332 e. The Kier molecular flexibility index (Phi) is 5.08. The molecule has 166 valence electrons. The van der Waals surface area contributed by atoms with Crippen LogP contribution >= 0.6 is 0 Å². The number of benzene rings is 1. The van der Waals surface area contributed by atoms with Crippen molar-refractivity contribution in [3.8, 4) is 5.95 Å². The van der Waals surface area contributed by atoms with Gasteiger partial charge < -0.3 is 5.73 Å². The summed E-state index contributed by atoms with van der Waals surface area (Å²) in [6.45, 7) is 7.61. The first-order valence-electron chi connectivity index (χ1n) is 10.2. The molecule has 0 bridgehead atoms. The van der Waals surface area contributed by atoms with Gasteiger partial charge in [-0.05, 0) is 38.8 Å². The smallest absolute Gasteiger partial charge is 0.332 e. The minimum atomic E-state index is -0.775. The van der Waals surface area contributed by atoms with E-state index in [-0.39, 0.29) is 11.2 Å². The third-order valence-corrected chi connectivity index (χ3v) is 5.79. The molecule has 10 nitrogen and oxygen atoms in total. The fourth-order valence-corrected chi connectivity index (χ4v) is 3.88. The van der Waals surface area contributed by atoms with E-state index in [1.54, 1.807) is 9.25 Å². The van der Waals surface area contributed by atoms with E-state index in [1.165, 1.54) is 11.6 Å². The molecule has 0 unspecified atom stereocenters. The Morgan fingerprint density at radius 3 is 2.41 bits per heavy atom. The lowest BCUT2D eigenvalue weighted by Crippen LogP contribution is -2.42. The summed E-state index contributed by atoms with van der Waals surface area (Å²) in [5.41, 5.74) is 9.21. The molecule has 1 amide bonds. The number of hydrogen-bond donors (Lipinski definition) is 1. The predicted octanol–water partition coefficient (Wildman–Crippen LogP) is 0.850. The molecule has 3 heterocycles. The van der Waals surface area contributed by atoms with Crippen LogP contribution in [0.15, 0.2) is 33.9 Å². The second kappa shape index (κ2) is 7.63. The van der Waals surface area contributed by atoms with E-state index in [9.17, 15) is 14.4 Å². The van der Waals surface area contributed by atoms with Crippen molar-refractivity contribution in [1.29, 1.82) is 0 Å². The van der Waals surface area contributed by atoms with Crippen molar-refractivity contribution in [3.63, 3.8) is 0 Å². The van der Waals surface area contributed by atoms with Gasteiger partial charge in [0.05, 0.1) is 12.2 Å². The van der Waals surface area contributed by atoms with Crippen LogP contribution in [0.5, 0.6) is 0 Å². The highest BCUT2D eigenvalue weighted by Crippen LogP contribution is 2.21. The van der Waals surface area contributed by atoms with Gasteiger partial charge in [0.15, 0.2) is 11.2 Å². The van der Waals surface area contributed by atoms with Crippen molar-refractivity contribution in [2.24, 2.45) is 12.8 Å².